The van der Waals surface area contributed by atoms with E-state index in [-0.39, 0.29) is 12.0 Å². The fourth-order valence-electron chi connectivity index (χ4n) is 5.12. The first-order chi connectivity index (χ1) is 18.0. The van der Waals surface area contributed by atoms with Crippen molar-refractivity contribution in [1.29, 1.82) is 0 Å². The summed E-state index contributed by atoms with van der Waals surface area (Å²) in [6.07, 6.45) is 4.21. The molecule has 4 aromatic rings. The van der Waals surface area contributed by atoms with Gasteiger partial charge in [0.1, 0.15) is 0 Å². The summed E-state index contributed by atoms with van der Waals surface area (Å²) in [4.78, 5) is 25.4. The molecule has 3 aromatic heterocycles. The van der Waals surface area contributed by atoms with Crippen molar-refractivity contribution in [3.8, 4) is 5.82 Å². The highest BCUT2D eigenvalue weighted by Crippen LogP contribution is 2.40. The molecule has 37 heavy (non-hydrogen) atoms. The Balaban J connectivity index is 1.25. The van der Waals surface area contributed by atoms with Crippen LogP contribution in [0.25, 0.3) is 16.9 Å². The number of aryl methyl sites for hydroxylation is 1. The average Bonchev–Trinajstić information content (AvgIpc) is 3.71. The smallest absolute Gasteiger partial charge is 0.252 e. The summed E-state index contributed by atoms with van der Waals surface area (Å²) in [5.74, 6) is 0.993. The number of pyridine rings is 2. The van der Waals surface area contributed by atoms with Gasteiger partial charge in [-0.2, -0.15) is 9.78 Å². The Morgan fingerprint density at radius 3 is 2.78 bits per heavy atom. The molecule has 1 aromatic carbocycles. The van der Waals surface area contributed by atoms with Crippen LogP contribution >= 0.6 is 0 Å². The lowest BCUT2D eigenvalue weighted by Gasteiger charge is -2.31. The minimum absolute atomic E-state index is 0.106. The molecule has 1 saturated carbocycles. The molecule has 2 aliphatic rings. The zero-order valence-electron chi connectivity index (χ0n) is 21.4. The number of hydrogen-bond donors (Lipinski definition) is 1. The predicted octanol–water partition coefficient (Wildman–Crippen LogP) is 4.15. The first-order valence-corrected chi connectivity index (χ1v) is 13.1. The van der Waals surface area contributed by atoms with Gasteiger partial charge >= 0.3 is 0 Å². The molecule has 8 nitrogen and oxygen atoms in total. The van der Waals surface area contributed by atoms with Crippen molar-refractivity contribution in [2.75, 3.05) is 19.7 Å². The molecule has 0 radical (unpaired) electrons. The lowest BCUT2D eigenvalue weighted by molar-refractivity contribution is -0.0212. The van der Waals surface area contributed by atoms with Crippen molar-refractivity contribution >= 4 is 16.9 Å². The van der Waals surface area contributed by atoms with E-state index in [4.69, 9.17) is 14.8 Å². The number of ether oxygens (including phenoxy) is 1. The molecule has 1 amide bonds. The number of hydrogen-bond acceptors (Lipinski definition) is 6. The van der Waals surface area contributed by atoms with E-state index in [1.54, 1.807) is 10.9 Å². The maximum atomic E-state index is 13.5. The van der Waals surface area contributed by atoms with E-state index in [9.17, 15) is 4.79 Å². The van der Waals surface area contributed by atoms with Crippen molar-refractivity contribution in [1.82, 2.24) is 30.0 Å². The Kier molecular flexibility index (Phi) is 6.44. The highest BCUT2D eigenvalue weighted by molar-refractivity contribution is 6.06. The number of carbonyl (C=O) groups is 1. The summed E-state index contributed by atoms with van der Waals surface area (Å²) in [6.45, 7) is 8.04. The second kappa shape index (κ2) is 10.0. The molecule has 8 heteroatoms. The number of fused-ring (bicyclic) bond motifs is 1. The second-order valence-electron chi connectivity index (χ2n) is 10.2. The standard InChI is InChI=1S/C29H32N6O2/c1-19-17-34(12-13-37-19)18-22-7-5-6-21(14-22)16-31-29(36)24-15-25(23-9-10-23)32-28-27(24)20(2)33-35(28)26-8-3-4-11-30-26/h3-8,11,14-15,19,23H,9-10,12-13,16-18H2,1-2H3,(H,31,36). The molecule has 4 heterocycles. The summed E-state index contributed by atoms with van der Waals surface area (Å²) in [5.41, 5.74) is 5.37. The van der Waals surface area contributed by atoms with Crippen molar-refractivity contribution in [3.63, 3.8) is 0 Å². The van der Waals surface area contributed by atoms with Crippen LogP contribution in [0.5, 0.6) is 0 Å². The Morgan fingerprint density at radius 2 is 2.00 bits per heavy atom. The average molecular weight is 497 g/mol. The molecular formula is C29H32N6O2. The van der Waals surface area contributed by atoms with Crippen molar-refractivity contribution in [2.24, 2.45) is 0 Å². The van der Waals surface area contributed by atoms with Gasteiger partial charge in [-0.3, -0.25) is 9.69 Å². The van der Waals surface area contributed by atoms with E-state index in [1.165, 1.54) is 5.56 Å². The van der Waals surface area contributed by atoms with E-state index >= 15 is 0 Å². The lowest BCUT2D eigenvalue weighted by atomic mass is 10.1. The van der Waals surface area contributed by atoms with Gasteiger partial charge in [0.15, 0.2) is 11.5 Å². The minimum Gasteiger partial charge on any atom is -0.376 e. The summed E-state index contributed by atoms with van der Waals surface area (Å²) in [5, 5.41) is 8.65. The third-order valence-electron chi connectivity index (χ3n) is 7.11. The molecule has 1 unspecified atom stereocenters. The van der Waals surface area contributed by atoms with Crippen molar-refractivity contribution in [3.05, 3.63) is 82.8 Å². The minimum atomic E-state index is -0.106. The van der Waals surface area contributed by atoms with Crippen LogP contribution in [0.1, 0.15) is 58.6 Å². The fourth-order valence-corrected chi connectivity index (χ4v) is 5.12. The van der Waals surface area contributed by atoms with Gasteiger partial charge in [-0.25, -0.2) is 9.97 Å². The van der Waals surface area contributed by atoms with Crippen molar-refractivity contribution < 1.29 is 9.53 Å². The van der Waals surface area contributed by atoms with Gasteiger partial charge in [-0.05, 0) is 56.0 Å². The van der Waals surface area contributed by atoms with E-state index in [0.29, 0.717) is 29.5 Å². The highest BCUT2D eigenvalue weighted by atomic mass is 16.5. The number of nitrogens with one attached hydrogen (secondary N) is 1. The molecule has 1 aliphatic carbocycles. The van der Waals surface area contributed by atoms with Gasteiger partial charge in [0.05, 0.1) is 29.4 Å². The normalized spacial score (nSPS) is 18.3. The molecule has 0 spiro atoms. The number of carbonyl (C=O) groups excluding carboxylic acids is 1. The first-order valence-electron chi connectivity index (χ1n) is 13.1. The van der Waals surface area contributed by atoms with Crippen LogP contribution in [0, 0.1) is 6.92 Å². The first kappa shape index (κ1) is 23.8. The fraction of sp³-hybridized carbons (Fsp3) is 0.379. The maximum Gasteiger partial charge on any atom is 0.252 e. The van der Waals surface area contributed by atoms with Gasteiger partial charge < -0.3 is 10.1 Å². The number of benzene rings is 1. The van der Waals surface area contributed by atoms with Crippen LogP contribution in [-0.2, 0) is 17.8 Å². The van der Waals surface area contributed by atoms with E-state index < -0.39 is 0 Å². The van der Waals surface area contributed by atoms with E-state index in [2.05, 4.69) is 46.4 Å². The summed E-state index contributed by atoms with van der Waals surface area (Å²) >= 11 is 0. The summed E-state index contributed by atoms with van der Waals surface area (Å²) < 4.78 is 7.42. The zero-order chi connectivity index (χ0) is 25.4. The number of morpholine rings is 1. The lowest BCUT2D eigenvalue weighted by Crippen LogP contribution is -2.40. The quantitative estimate of drug-likeness (QED) is 0.414. The topological polar surface area (TPSA) is 85.2 Å². The Morgan fingerprint density at radius 1 is 1.14 bits per heavy atom. The molecular weight excluding hydrogens is 464 g/mol. The number of rotatable bonds is 7. The summed E-state index contributed by atoms with van der Waals surface area (Å²) in [6, 6.07) is 16.1. The van der Waals surface area contributed by atoms with Gasteiger partial charge in [0.25, 0.3) is 5.91 Å². The number of nitrogens with zero attached hydrogens (tertiary/aromatic N) is 5. The molecule has 1 aliphatic heterocycles. The van der Waals surface area contributed by atoms with Crippen LogP contribution in [0.15, 0.2) is 54.7 Å². The van der Waals surface area contributed by atoms with Crippen LogP contribution in [0.2, 0.25) is 0 Å². The number of aromatic nitrogens is 4. The zero-order valence-corrected chi connectivity index (χ0v) is 21.4. The Bertz CT molecular complexity index is 1430. The largest absolute Gasteiger partial charge is 0.376 e. The van der Waals surface area contributed by atoms with Gasteiger partial charge in [0.2, 0.25) is 0 Å². The SMILES string of the molecule is Cc1nn(-c2ccccn2)c2nc(C3CC3)cc(C(=O)NCc3cccc(CN4CCOC(C)C4)c3)c12. The molecule has 0 bridgehead atoms. The van der Waals surface area contributed by atoms with Crippen molar-refractivity contribution in [2.45, 2.75) is 51.8 Å². The molecule has 6 rings (SSSR count). The van der Waals surface area contributed by atoms with Gasteiger partial charge in [-0.15, -0.1) is 0 Å². The molecule has 190 valence electrons. The monoisotopic (exact) mass is 496 g/mol. The van der Waals surface area contributed by atoms with Gasteiger partial charge in [0, 0.05) is 44.0 Å². The van der Waals surface area contributed by atoms with Crippen LogP contribution in [0.4, 0.5) is 0 Å². The molecule has 1 atom stereocenters. The van der Waals surface area contributed by atoms with Crippen LogP contribution < -0.4 is 5.32 Å². The van der Waals surface area contributed by atoms with Gasteiger partial charge in [-0.1, -0.05) is 30.3 Å². The molecule has 1 saturated heterocycles. The Hall–Kier alpha value is -3.62. The third-order valence-corrected chi connectivity index (χ3v) is 7.11. The van der Waals surface area contributed by atoms with E-state index in [1.807, 2.05) is 31.2 Å². The summed E-state index contributed by atoms with van der Waals surface area (Å²) in [7, 11) is 0. The van der Waals surface area contributed by atoms with E-state index in [0.717, 1.165) is 61.4 Å². The molecule has 1 N–H and O–H groups in total. The second-order valence-corrected chi connectivity index (χ2v) is 10.2. The highest BCUT2D eigenvalue weighted by Gasteiger charge is 2.29. The van der Waals surface area contributed by atoms with Crippen LogP contribution in [0.3, 0.4) is 0 Å². The Labute approximate surface area is 216 Å². The predicted molar refractivity (Wildman–Crippen MR) is 142 cm³/mol. The third kappa shape index (κ3) is 5.12. The number of amides is 1. The molecule has 2 fully saturated rings. The van der Waals surface area contributed by atoms with Crippen LogP contribution in [-0.4, -0.2) is 56.4 Å². The maximum absolute atomic E-state index is 13.5.